The molecule has 2 aliphatic heterocycles. The summed E-state index contributed by atoms with van der Waals surface area (Å²) in [6.45, 7) is 2.92. The van der Waals surface area contributed by atoms with Crippen molar-refractivity contribution in [1.82, 2.24) is 14.9 Å². The molecule has 0 aliphatic carbocycles. The van der Waals surface area contributed by atoms with Crippen LogP contribution in [0.1, 0.15) is 6.42 Å². The van der Waals surface area contributed by atoms with Crippen LogP contribution in [-0.4, -0.2) is 61.2 Å². The smallest absolute Gasteiger partial charge is 0.225 e. The highest BCUT2D eigenvalue weighted by Gasteiger charge is 2.42. The Bertz CT molecular complexity index is 537. The van der Waals surface area contributed by atoms with E-state index in [1.165, 1.54) is 12.4 Å². The maximum Gasteiger partial charge on any atom is 0.225 e. The Balaban J connectivity index is 1.69. The van der Waals surface area contributed by atoms with Crippen LogP contribution in [0.5, 0.6) is 0 Å². The summed E-state index contributed by atoms with van der Waals surface area (Å²) in [4.78, 5) is 23.8. The molecule has 1 aromatic rings. The molecular formula is C15H21FN4O2. The first-order valence-corrected chi connectivity index (χ1v) is 7.55. The fourth-order valence-electron chi connectivity index (χ4n) is 3.35. The minimum Gasteiger partial charge on any atom is -0.381 e. The predicted molar refractivity (Wildman–Crippen MR) is 78.8 cm³/mol. The second-order valence-corrected chi connectivity index (χ2v) is 6.32. The number of fused-ring (bicyclic) bond motifs is 1. The molecule has 0 spiro atoms. The van der Waals surface area contributed by atoms with E-state index >= 15 is 0 Å². The largest absolute Gasteiger partial charge is 0.381 e. The van der Waals surface area contributed by atoms with E-state index in [0.717, 1.165) is 13.1 Å². The topological polar surface area (TPSA) is 58.6 Å². The number of amides is 1. The summed E-state index contributed by atoms with van der Waals surface area (Å²) in [6, 6.07) is 0. The molecule has 22 heavy (non-hydrogen) atoms. The number of anilines is 1. The molecule has 2 aliphatic rings. The Morgan fingerprint density at radius 1 is 1.36 bits per heavy atom. The van der Waals surface area contributed by atoms with Crippen molar-refractivity contribution in [2.45, 2.75) is 6.42 Å². The van der Waals surface area contributed by atoms with Gasteiger partial charge in [0.1, 0.15) is 0 Å². The lowest BCUT2D eigenvalue weighted by Gasteiger charge is -2.32. The van der Waals surface area contributed by atoms with E-state index in [-0.39, 0.29) is 11.8 Å². The zero-order chi connectivity index (χ0) is 15.7. The molecular weight excluding hydrogens is 287 g/mol. The van der Waals surface area contributed by atoms with Gasteiger partial charge < -0.3 is 14.5 Å². The third-order valence-corrected chi connectivity index (χ3v) is 4.59. The van der Waals surface area contributed by atoms with E-state index in [1.807, 2.05) is 0 Å². The molecule has 7 heteroatoms. The number of hydrogen-bond acceptors (Lipinski definition) is 5. The fourth-order valence-corrected chi connectivity index (χ4v) is 3.35. The minimum absolute atomic E-state index is 0.130. The number of hydrogen-bond donors (Lipinski definition) is 0. The summed E-state index contributed by atoms with van der Waals surface area (Å²) in [5.74, 6) is 1.24. The maximum atomic E-state index is 12.9. The summed E-state index contributed by atoms with van der Waals surface area (Å²) >= 11 is 0. The highest BCUT2D eigenvalue weighted by molar-refractivity contribution is 5.75. The van der Waals surface area contributed by atoms with Gasteiger partial charge in [0.05, 0.1) is 25.6 Å². The van der Waals surface area contributed by atoms with Crippen molar-refractivity contribution in [2.75, 3.05) is 45.3 Å². The highest BCUT2D eigenvalue weighted by atomic mass is 19.1. The molecule has 0 saturated carbocycles. The Morgan fingerprint density at radius 3 is 2.77 bits per heavy atom. The first kappa shape index (κ1) is 15.1. The van der Waals surface area contributed by atoms with Gasteiger partial charge in [0, 0.05) is 39.5 Å². The van der Waals surface area contributed by atoms with Gasteiger partial charge >= 0.3 is 0 Å². The molecule has 2 fully saturated rings. The van der Waals surface area contributed by atoms with Crippen molar-refractivity contribution in [3.8, 4) is 0 Å². The monoisotopic (exact) mass is 308 g/mol. The van der Waals surface area contributed by atoms with Gasteiger partial charge in [-0.25, -0.2) is 14.4 Å². The van der Waals surface area contributed by atoms with E-state index in [9.17, 15) is 9.18 Å². The molecule has 1 aromatic heterocycles. The van der Waals surface area contributed by atoms with Crippen LogP contribution in [0, 0.1) is 23.6 Å². The number of carbonyl (C=O) groups excluding carboxylic acids is 1. The van der Waals surface area contributed by atoms with E-state index in [1.54, 1.807) is 19.0 Å². The van der Waals surface area contributed by atoms with Crippen molar-refractivity contribution in [3.63, 3.8) is 0 Å². The number of nitrogens with zero attached hydrogens (tertiary/aromatic N) is 4. The first-order chi connectivity index (χ1) is 10.5. The van der Waals surface area contributed by atoms with Gasteiger partial charge in [0.2, 0.25) is 11.9 Å². The summed E-state index contributed by atoms with van der Waals surface area (Å²) in [5, 5.41) is 0. The average Bonchev–Trinajstić information content (AvgIpc) is 2.93. The highest BCUT2D eigenvalue weighted by Crippen LogP contribution is 2.36. The van der Waals surface area contributed by atoms with Crippen LogP contribution < -0.4 is 4.90 Å². The standard InChI is InChI=1S/C15H21FN4O2/c1-19(2)14(21)3-10-8-22-9-11-6-20(7-13(10)11)15-17-4-12(16)5-18-15/h4-5,10-11,13H,3,6-9H2,1-2H3/t10-,11-,13+/m1/s1. The normalized spacial score (nSPS) is 27.6. The predicted octanol–water partition coefficient (Wildman–Crippen LogP) is 0.793. The Labute approximate surface area is 129 Å². The van der Waals surface area contributed by atoms with Crippen LogP contribution in [0.4, 0.5) is 10.3 Å². The summed E-state index contributed by atoms with van der Waals surface area (Å²) in [5.41, 5.74) is 0. The molecule has 0 aromatic carbocycles. The Kier molecular flexibility index (Phi) is 4.24. The molecule has 0 N–H and O–H groups in total. The number of ether oxygens (including phenoxy) is 1. The third kappa shape index (κ3) is 3.04. The zero-order valence-electron chi connectivity index (χ0n) is 12.9. The average molecular weight is 308 g/mol. The van der Waals surface area contributed by atoms with E-state index < -0.39 is 5.82 Å². The second kappa shape index (κ2) is 6.16. The molecule has 0 unspecified atom stereocenters. The van der Waals surface area contributed by atoms with Crippen molar-refractivity contribution in [3.05, 3.63) is 18.2 Å². The van der Waals surface area contributed by atoms with E-state index in [0.29, 0.717) is 37.4 Å². The lowest BCUT2D eigenvalue weighted by atomic mass is 9.81. The molecule has 1 amide bonds. The molecule has 3 atom stereocenters. The van der Waals surface area contributed by atoms with Gasteiger partial charge in [-0.3, -0.25) is 4.79 Å². The van der Waals surface area contributed by atoms with Crippen LogP contribution in [0.2, 0.25) is 0 Å². The quantitative estimate of drug-likeness (QED) is 0.826. The van der Waals surface area contributed by atoms with Gasteiger partial charge in [-0.2, -0.15) is 0 Å². The molecule has 0 bridgehead atoms. The molecule has 3 rings (SSSR count). The van der Waals surface area contributed by atoms with Crippen LogP contribution in [-0.2, 0) is 9.53 Å². The Hall–Kier alpha value is -1.76. The number of carbonyl (C=O) groups is 1. The van der Waals surface area contributed by atoms with Crippen molar-refractivity contribution in [2.24, 2.45) is 17.8 Å². The number of aromatic nitrogens is 2. The van der Waals surface area contributed by atoms with Gasteiger partial charge in [-0.15, -0.1) is 0 Å². The van der Waals surface area contributed by atoms with Crippen LogP contribution in [0.25, 0.3) is 0 Å². The molecule has 0 radical (unpaired) electrons. The number of halogens is 1. The zero-order valence-corrected chi connectivity index (χ0v) is 12.9. The van der Waals surface area contributed by atoms with Crippen molar-refractivity contribution < 1.29 is 13.9 Å². The minimum atomic E-state index is -0.432. The lowest BCUT2D eigenvalue weighted by molar-refractivity contribution is -0.132. The summed E-state index contributed by atoms with van der Waals surface area (Å²) < 4.78 is 18.6. The summed E-state index contributed by atoms with van der Waals surface area (Å²) in [6.07, 6.45) is 2.88. The van der Waals surface area contributed by atoms with Crippen LogP contribution in [0.15, 0.2) is 12.4 Å². The van der Waals surface area contributed by atoms with E-state index in [4.69, 9.17) is 4.74 Å². The summed E-state index contributed by atoms with van der Waals surface area (Å²) in [7, 11) is 3.55. The van der Waals surface area contributed by atoms with Crippen molar-refractivity contribution in [1.29, 1.82) is 0 Å². The van der Waals surface area contributed by atoms with Crippen molar-refractivity contribution >= 4 is 11.9 Å². The fraction of sp³-hybridized carbons (Fsp3) is 0.667. The molecule has 6 nitrogen and oxygen atoms in total. The van der Waals surface area contributed by atoms with E-state index in [2.05, 4.69) is 14.9 Å². The van der Waals surface area contributed by atoms with Gasteiger partial charge in [0.15, 0.2) is 5.82 Å². The van der Waals surface area contributed by atoms with Gasteiger partial charge in [-0.05, 0) is 11.8 Å². The third-order valence-electron chi connectivity index (χ3n) is 4.59. The first-order valence-electron chi connectivity index (χ1n) is 7.55. The Morgan fingerprint density at radius 2 is 2.09 bits per heavy atom. The SMILES string of the molecule is CN(C)C(=O)C[C@@H]1COC[C@H]2CN(c3ncc(F)cn3)C[C@@H]12. The molecule has 2 saturated heterocycles. The maximum absolute atomic E-state index is 12.9. The number of rotatable bonds is 3. The lowest BCUT2D eigenvalue weighted by Crippen LogP contribution is -2.38. The van der Waals surface area contributed by atoms with Crippen LogP contribution in [0.3, 0.4) is 0 Å². The van der Waals surface area contributed by atoms with Crippen LogP contribution >= 0.6 is 0 Å². The molecule has 120 valence electrons. The molecule has 3 heterocycles. The van der Waals surface area contributed by atoms with Gasteiger partial charge in [0.25, 0.3) is 0 Å². The second-order valence-electron chi connectivity index (χ2n) is 6.32. The van der Waals surface area contributed by atoms with Gasteiger partial charge in [-0.1, -0.05) is 0 Å².